The summed E-state index contributed by atoms with van der Waals surface area (Å²) in [6.07, 6.45) is -3.08. The largest absolute Gasteiger partial charge is 0.573 e. The fourth-order valence-electron chi connectivity index (χ4n) is 2.19. The summed E-state index contributed by atoms with van der Waals surface area (Å²) in [4.78, 5) is 16.2. The molecule has 3 rings (SSSR count). The molecule has 0 bridgehead atoms. The molecular formula is C17H12F3N3O2. The van der Waals surface area contributed by atoms with E-state index in [0.29, 0.717) is 11.4 Å². The Balaban J connectivity index is 1.63. The van der Waals surface area contributed by atoms with Gasteiger partial charge in [0, 0.05) is 23.0 Å². The van der Waals surface area contributed by atoms with Crippen molar-refractivity contribution < 1.29 is 22.7 Å². The average molecular weight is 347 g/mol. The number of alkyl halides is 3. The minimum atomic E-state index is -4.75. The van der Waals surface area contributed by atoms with Crippen LogP contribution in [0.3, 0.4) is 0 Å². The van der Waals surface area contributed by atoms with Crippen LogP contribution in [0, 0.1) is 0 Å². The highest BCUT2D eigenvalue weighted by atomic mass is 19.4. The number of carbonyl (C=O) groups is 1. The van der Waals surface area contributed by atoms with Gasteiger partial charge < -0.3 is 15.4 Å². The van der Waals surface area contributed by atoms with Crippen molar-refractivity contribution in [3.63, 3.8) is 0 Å². The number of amides is 2. The van der Waals surface area contributed by atoms with E-state index in [9.17, 15) is 18.0 Å². The lowest BCUT2D eigenvalue weighted by atomic mass is 10.2. The first-order chi connectivity index (χ1) is 11.9. The fourth-order valence-corrected chi connectivity index (χ4v) is 2.19. The Bertz CT molecular complexity index is 896. The Hall–Kier alpha value is -3.29. The Kier molecular flexibility index (Phi) is 4.42. The van der Waals surface area contributed by atoms with E-state index in [0.717, 1.165) is 23.0 Å². The third kappa shape index (κ3) is 4.60. The van der Waals surface area contributed by atoms with Crippen molar-refractivity contribution in [2.75, 3.05) is 10.6 Å². The van der Waals surface area contributed by atoms with Gasteiger partial charge in [0.05, 0.1) is 5.52 Å². The molecule has 8 heteroatoms. The van der Waals surface area contributed by atoms with E-state index in [-0.39, 0.29) is 5.75 Å². The molecular weight excluding hydrogens is 335 g/mol. The number of ether oxygens (including phenoxy) is 1. The second kappa shape index (κ2) is 6.68. The van der Waals surface area contributed by atoms with Gasteiger partial charge in [-0.25, -0.2) is 4.79 Å². The number of carbonyl (C=O) groups excluding carboxylic acids is 1. The number of fused-ring (bicyclic) bond motifs is 1. The molecule has 0 saturated heterocycles. The van der Waals surface area contributed by atoms with Crippen molar-refractivity contribution in [1.29, 1.82) is 0 Å². The van der Waals surface area contributed by atoms with Gasteiger partial charge in [-0.15, -0.1) is 13.2 Å². The predicted octanol–water partition coefficient (Wildman–Crippen LogP) is 4.78. The van der Waals surface area contributed by atoms with Crippen molar-refractivity contribution in [3.8, 4) is 5.75 Å². The third-order valence-corrected chi connectivity index (χ3v) is 3.21. The number of pyridine rings is 1. The molecule has 1 aromatic heterocycles. The number of anilines is 2. The maximum atomic E-state index is 12.1. The van der Waals surface area contributed by atoms with Gasteiger partial charge in [0.15, 0.2) is 0 Å². The molecule has 2 amide bonds. The Morgan fingerprint density at radius 3 is 2.36 bits per heavy atom. The molecule has 3 aromatic rings. The van der Waals surface area contributed by atoms with Gasteiger partial charge in [0.1, 0.15) is 5.75 Å². The van der Waals surface area contributed by atoms with Crippen molar-refractivity contribution >= 4 is 28.3 Å². The van der Waals surface area contributed by atoms with Crippen molar-refractivity contribution in [3.05, 3.63) is 60.8 Å². The summed E-state index contributed by atoms with van der Waals surface area (Å²) in [5.74, 6) is -0.361. The van der Waals surface area contributed by atoms with Crippen LogP contribution in [0.25, 0.3) is 10.9 Å². The second-order valence-corrected chi connectivity index (χ2v) is 5.06. The number of hydrogen-bond acceptors (Lipinski definition) is 3. The van der Waals surface area contributed by atoms with Crippen molar-refractivity contribution in [1.82, 2.24) is 4.98 Å². The quantitative estimate of drug-likeness (QED) is 0.717. The summed E-state index contributed by atoms with van der Waals surface area (Å²) >= 11 is 0. The number of nitrogens with one attached hydrogen (secondary N) is 2. The van der Waals surface area contributed by atoms with E-state index in [4.69, 9.17) is 0 Å². The maximum Gasteiger partial charge on any atom is 0.573 e. The fraction of sp³-hybridized carbons (Fsp3) is 0.0588. The van der Waals surface area contributed by atoms with Gasteiger partial charge in [-0.05, 0) is 48.5 Å². The van der Waals surface area contributed by atoms with E-state index in [1.54, 1.807) is 30.5 Å². The molecule has 25 heavy (non-hydrogen) atoms. The molecule has 0 unspecified atom stereocenters. The monoisotopic (exact) mass is 347 g/mol. The van der Waals surface area contributed by atoms with Crippen LogP contribution in [0.4, 0.5) is 29.3 Å². The normalized spacial score (nSPS) is 11.2. The number of benzene rings is 2. The van der Waals surface area contributed by atoms with E-state index in [1.807, 2.05) is 6.07 Å². The van der Waals surface area contributed by atoms with Crippen LogP contribution in [0.2, 0.25) is 0 Å². The maximum absolute atomic E-state index is 12.1. The van der Waals surface area contributed by atoms with Gasteiger partial charge >= 0.3 is 12.4 Å². The standard InChI is InChI=1S/C17H12F3N3O2/c18-17(19,20)25-14-6-3-12(4-7-14)22-16(24)23-13-5-8-15-11(10-13)2-1-9-21-15/h1-10H,(H2,22,23,24). The zero-order valence-corrected chi connectivity index (χ0v) is 12.7. The zero-order valence-electron chi connectivity index (χ0n) is 12.7. The summed E-state index contributed by atoms with van der Waals surface area (Å²) in [6.45, 7) is 0. The second-order valence-electron chi connectivity index (χ2n) is 5.06. The van der Waals surface area contributed by atoms with Crippen LogP contribution in [-0.4, -0.2) is 17.4 Å². The summed E-state index contributed by atoms with van der Waals surface area (Å²) in [5, 5.41) is 6.04. The highest BCUT2D eigenvalue weighted by Gasteiger charge is 2.30. The SMILES string of the molecule is O=C(Nc1ccc(OC(F)(F)F)cc1)Nc1ccc2ncccc2c1. The lowest BCUT2D eigenvalue weighted by molar-refractivity contribution is -0.274. The average Bonchev–Trinajstić information content (AvgIpc) is 2.55. The van der Waals surface area contributed by atoms with E-state index in [2.05, 4.69) is 20.4 Å². The van der Waals surface area contributed by atoms with E-state index >= 15 is 0 Å². The van der Waals surface area contributed by atoms with Gasteiger partial charge in [-0.1, -0.05) is 6.07 Å². The minimum Gasteiger partial charge on any atom is -0.406 e. The molecule has 2 N–H and O–H groups in total. The minimum absolute atomic E-state index is 0.328. The Morgan fingerprint density at radius 1 is 0.960 bits per heavy atom. The smallest absolute Gasteiger partial charge is 0.406 e. The van der Waals surface area contributed by atoms with E-state index < -0.39 is 12.4 Å². The summed E-state index contributed by atoms with van der Waals surface area (Å²) in [5.41, 5.74) is 1.69. The molecule has 0 aliphatic carbocycles. The highest BCUT2D eigenvalue weighted by Crippen LogP contribution is 2.24. The number of urea groups is 1. The van der Waals surface area contributed by atoms with Crippen LogP contribution in [0.1, 0.15) is 0 Å². The molecule has 128 valence electrons. The number of hydrogen-bond donors (Lipinski definition) is 2. The van der Waals surface area contributed by atoms with Gasteiger partial charge in [0.2, 0.25) is 0 Å². The molecule has 0 radical (unpaired) electrons. The summed E-state index contributed by atoms with van der Waals surface area (Å²) in [7, 11) is 0. The molecule has 1 heterocycles. The molecule has 0 spiro atoms. The highest BCUT2D eigenvalue weighted by molar-refractivity contribution is 6.00. The van der Waals surface area contributed by atoms with E-state index in [1.165, 1.54) is 12.1 Å². The van der Waals surface area contributed by atoms with Crippen LogP contribution in [0.5, 0.6) is 5.75 Å². The molecule has 0 aliphatic heterocycles. The topological polar surface area (TPSA) is 63.2 Å². The lowest BCUT2D eigenvalue weighted by Gasteiger charge is -2.11. The molecule has 0 fully saturated rings. The first kappa shape index (κ1) is 16.6. The molecule has 0 aliphatic rings. The molecule has 0 atom stereocenters. The predicted molar refractivity (Wildman–Crippen MR) is 87.5 cm³/mol. The lowest BCUT2D eigenvalue weighted by Crippen LogP contribution is -2.19. The van der Waals surface area contributed by atoms with Crippen LogP contribution >= 0.6 is 0 Å². The first-order valence-electron chi connectivity index (χ1n) is 7.18. The molecule has 0 saturated carbocycles. The molecule has 2 aromatic carbocycles. The van der Waals surface area contributed by atoms with Crippen molar-refractivity contribution in [2.45, 2.75) is 6.36 Å². The van der Waals surface area contributed by atoms with Crippen molar-refractivity contribution in [2.24, 2.45) is 0 Å². The van der Waals surface area contributed by atoms with Gasteiger partial charge in [-0.3, -0.25) is 4.98 Å². The third-order valence-electron chi connectivity index (χ3n) is 3.21. The molecule has 5 nitrogen and oxygen atoms in total. The summed E-state index contributed by atoms with van der Waals surface area (Å²) < 4.78 is 40.1. The zero-order chi connectivity index (χ0) is 17.9. The number of nitrogens with zero attached hydrogens (tertiary/aromatic N) is 1. The summed E-state index contributed by atoms with van der Waals surface area (Å²) in [6, 6.07) is 13.2. The van der Waals surface area contributed by atoms with Gasteiger partial charge in [-0.2, -0.15) is 0 Å². The van der Waals surface area contributed by atoms with Crippen LogP contribution < -0.4 is 15.4 Å². The number of rotatable bonds is 3. The van der Waals surface area contributed by atoms with Crippen LogP contribution in [-0.2, 0) is 0 Å². The number of aromatic nitrogens is 1. The van der Waals surface area contributed by atoms with Crippen LogP contribution in [0.15, 0.2) is 60.8 Å². The Labute approximate surface area is 140 Å². The number of halogens is 3. The van der Waals surface area contributed by atoms with Gasteiger partial charge in [0.25, 0.3) is 0 Å². The Morgan fingerprint density at radius 2 is 1.64 bits per heavy atom. The first-order valence-corrected chi connectivity index (χ1v) is 7.18.